The maximum Gasteiger partial charge on any atom is 0.472 e. The molecule has 0 saturated carbocycles. The maximum atomic E-state index is 11.2. The van der Waals surface area contributed by atoms with Crippen LogP contribution in [-0.4, -0.2) is 41.5 Å². The second-order valence-electron chi connectivity index (χ2n) is 3.50. The quantitative estimate of drug-likeness (QED) is 0.703. The van der Waals surface area contributed by atoms with E-state index in [2.05, 4.69) is 4.52 Å². The Hall–Kier alpha value is 0.0300. The van der Waals surface area contributed by atoms with Gasteiger partial charge in [0.1, 0.15) is 12.2 Å². The zero-order valence-electron chi connectivity index (χ0n) is 8.99. The molecule has 0 radical (unpaired) electrons. The molecular formula is C8H17O6P. The molecule has 2 N–H and O–H groups in total. The zero-order chi connectivity index (χ0) is 11.6. The lowest BCUT2D eigenvalue weighted by atomic mass is 10.1. The largest absolute Gasteiger partial charge is 0.472 e. The molecule has 0 aromatic heterocycles. The van der Waals surface area contributed by atoms with Crippen molar-refractivity contribution in [3.63, 3.8) is 0 Å². The molecule has 1 saturated heterocycles. The number of phosphoric ester groups is 1. The van der Waals surface area contributed by atoms with Gasteiger partial charge in [-0.3, -0.25) is 9.05 Å². The third kappa shape index (κ3) is 3.00. The van der Waals surface area contributed by atoms with Crippen LogP contribution in [0.1, 0.15) is 20.3 Å². The Labute approximate surface area is 88.8 Å². The van der Waals surface area contributed by atoms with Crippen LogP contribution in [0.3, 0.4) is 0 Å². The molecule has 0 bridgehead atoms. The summed E-state index contributed by atoms with van der Waals surface area (Å²) < 4.78 is 25.7. The summed E-state index contributed by atoms with van der Waals surface area (Å²) in [5.74, 6) is 0. The highest BCUT2D eigenvalue weighted by Crippen LogP contribution is 2.46. The van der Waals surface area contributed by atoms with Gasteiger partial charge in [-0.05, 0) is 13.3 Å². The Bertz CT molecular complexity index is 258. The van der Waals surface area contributed by atoms with E-state index < -0.39 is 26.1 Å². The first kappa shape index (κ1) is 13.1. The van der Waals surface area contributed by atoms with Gasteiger partial charge in [0.2, 0.25) is 0 Å². The van der Waals surface area contributed by atoms with Crippen molar-refractivity contribution in [2.24, 2.45) is 0 Å². The van der Waals surface area contributed by atoms with E-state index in [-0.39, 0.29) is 6.10 Å². The molecular weight excluding hydrogens is 223 g/mol. The Balaban J connectivity index is 2.70. The molecule has 0 spiro atoms. The van der Waals surface area contributed by atoms with Crippen LogP contribution in [0.15, 0.2) is 0 Å². The first-order chi connectivity index (χ1) is 6.91. The Morgan fingerprint density at radius 2 is 2.13 bits per heavy atom. The Morgan fingerprint density at radius 3 is 2.60 bits per heavy atom. The molecule has 3 unspecified atom stereocenters. The second-order valence-corrected chi connectivity index (χ2v) is 5.01. The fraction of sp³-hybridized carbons (Fsp3) is 1.00. The van der Waals surface area contributed by atoms with Gasteiger partial charge in [-0.15, -0.1) is 0 Å². The van der Waals surface area contributed by atoms with E-state index in [1.165, 1.54) is 0 Å². The lowest BCUT2D eigenvalue weighted by Gasteiger charge is -2.21. The van der Waals surface area contributed by atoms with Crippen molar-refractivity contribution in [3.8, 4) is 0 Å². The molecule has 5 atom stereocenters. The molecule has 1 rings (SSSR count). The van der Waals surface area contributed by atoms with Crippen molar-refractivity contribution in [1.29, 1.82) is 0 Å². The molecule has 6 nitrogen and oxygen atoms in total. The van der Waals surface area contributed by atoms with E-state index in [9.17, 15) is 9.67 Å². The highest BCUT2D eigenvalue weighted by molar-refractivity contribution is 7.47. The van der Waals surface area contributed by atoms with Crippen molar-refractivity contribution in [2.45, 2.75) is 44.7 Å². The van der Waals surface area contributed by atoms with E-state index in [1.54, 1.807) is 6.92 Å². The highest BCUT2D eigenvalue weighted by Gasteiger charge is 2.44. The fourth-order valence-corrected chi connectivity index (χ4v) is 2.23. The summed E-state index contributed by atoms with van der Waals surface area (Å²) in [6, 6.07) is 0. The number of aliphatic hydroxyl groups is 1. The van der Waals surface area contributed by atoms with Crippen LogP contribution in [0, 0.1) is 0 Å². The number of rotatable bonds is 4. The maximum absolute atomic E-state index is 11.2. The third-order valence-electron chi connectivity index (χ3n) is 2.46. The average molecular weight is 240 g/mol. The van der Waals surface area contributed by atoms with Crippen LogP contribution >= 0.6 is 7.82 Å². The molecule has 1 fully saturated rings. The summed E-state index contributed by atoms with van der Waals surface area (Å²) >= 11 is 0. The van der Waals surface area contributed by atoms with Crippen LogP contribution < -0.4 is 0 Å². The topological polar surface area (TPSA) is 85.2 Å². The van der Waals surface area contributed by atoms with Crippen molar-refractivity contribution in [1.82, 2.24) is 0 Å². The predicted octanol–water partition coefficient (Wildman–Crippen LogP) is 0.677. The number of hydrogen-bond acceptors (Lipinski definition) is 5. The summed E-state index contributed by atoms with van der Waals surface area (Å²) in [6.45, 7) is 3.53. The molecule has 0 aromatic rings. The van der Waals surface area contributed by atoms with Crippen molar-refractivity contribution in [2.75, 3.05) is 7.11 Å². The van der Waals surface area contributed by atoms with Gasteiger partial charge in [-0.1, -0.05) is 6.92 Å². The van der Waals surface area contributed by atoms with E-state index >= 15 is 0 Å². The van der Waals surface area contributed by atoms with Gasteiger partial charge in [-0.2, -0.15) is 0 Å². The van der Waals surface area contributed by atoms with Gasteiger partial charge in [0, 0.05) is 7.11 Å². The zero-order valence-corrected chi connectivity index (χ0v) is 9.89. The van der Waals surface area contributed by atoms with Crippen molar-refractivity contribution in [3.05, 3.63) is 0 Å². The number of aliphatic hydroxyl groups excluding tert-OH is 1. The normalized spacial score (nSPS) is 40.3. The molecule has 0 aromatic carbocycles. The summed E-state index contributed by atoms with van der Waals surface area (Å²) in [6.07, 6.45) is -1.93. The lowest BCUT2D eigenvalue weighted by Crippen LogP contribution is -2.33. The van der Waals surface area contributed by atoms with Crippen molar-refractivity contribution < 1.29 is 28.3 Å². The second kappa shape index (κ2) is 4.91. The predicted molar refractivity (Wildman–Crippen MR) is 52.3 cm³/mol. The molecule has 90 valence electrons. The first-order valence-electron chi connectivity index (χ1n) is 4.81. The number of phosphoric acid groups is 1. The number of hydrogen-bond donors (Lipinski definition) is 2. The van der Waals surface area contributed by atoms with Crippen LogP contribution in [0.25, 0.3) is 0 Å². The Kier molecular flexibility index (Phi) is 4.29. The molecule has 15 heavy (non-hydrogen) atoms. The SMILES string of the molecule is CC[C@H]1O[C@@H](C)C(O)C1OP(=O)(O)OC. The van der Waals surface area contributed by atoms with Crippen LogP contribution in [0.5, 0.6) is 0 Å². The van der Waals surface area contributed by atoms with Gasteiger partial charge in [-0.25, -0.2) is 4.57 Å². The minimum atomic E-state index is -4.08. The van der Waals surface area contributed by atoms with E-state index in [0.717, 1.165) is 7.11 Å². The molecule has 1 aliphatic heterocycles. The molecule has 1 heterocycles. The van der Waals surface area contributed by atoms with Crippen LogP contribution in [-0.2, 0) is 18.3 Å². The number of ether oxygens (including phenoxy) is 1. The lowest BCUT2D eigenvalue weighted by molar-refractivity contribution is 0.0110. The molecule has 0 amide bonds. The first-order valence-corrected chi connectivity index (χ1v) is 6.31. The summed E-state index contributed by atoms with van der Waals surface area (Å²) in [5.41, 5.74) is 0. The highest BCUT2D eigenvalue weighted by atomic mass is 31.2. The van der Waals surface area contributed by atoms with Crippen LogP contribution in [0.4, 0.5) is 0 Å². The molecule has 0 aliphatic carbocycles. The van der Waals surface area contributed by atoms with E-state index in [4.69, 9.17) is 14.2 Å². The van der Waals surface area contributed by atoms with Gasteiger partial charge in [0.15, 0.2) is 0 Å². The van der Waals surface area contributed by atoms with Gasteiger partial charge >= 0.3 is 7.82 Å². The minimum absolute atomic E-state index is 0.384. The van der Waals surface area contributed by atoms with E-state index in [1.807, 2.05) is 6.92 Å². The monoisotopic (exact) mass is 240 g/mol. The average Bonchev–Trinajstić information content (AvgIpc) is 2.45. The third-order valence-corrected chi connectivity index (χ3v) is 3.43. The van der Waals surface area contributed by atoms with Gasteiger partial charge in [0.05, 0.1) is 12.2 Å². The smallest absolute Gasteiger partial charge is 0.388 e. The fourth-order valence-electron chi connectivity index (χ4n) is 1.58. The summed E-state index contributed by atoms with van der Waals surface area (Å²) in [7, 11) is -3.00. The minimum Gasteiger partial charge on any atom is -0.388 e. The standard InChI is InChI=1S/C8H17O6P/c1-4-6-8(7(9)5(2)13-6)14-15(10,11)12-3/h5-9H,4H2,1-3H3,(H,10,11)/t5-,6+,7?,8?/m0/s1. The van der Waals surface area contributed by atoms with Gasteiger partial charge in [0.25, 0.3) is 0 Å². The van der Waals surface area contributed by atoms with Crippen molar-refractivity contribution >= 4 is 7.82 Å². The molecule has 1 aliphatic rings. The van der Waals surface area contributed by atoms with Crippen LogP contribution in [0.2, 0.25) is 0 Å². The molecule has 7 heteroatoms. The van der Waals surface area contributed by atoms with Gasteiger partial charge < -0.3 is 14.7 Å². The van der Waals surface area contributed by atoms with E-state index in [0.29, 0.717) is 6.42 Å². The Morgan fingerprint density at radius 1 is 1.53 bits per heavy atom. The summed E-state index contributed by atoms with van der Waals surface area (Å²) in [4.78, 5) is 9.15. The summed E-state index contributed by atoms with van der Waals surface area (Å²) in [5, 5.41) is 9.68.